The topological polar surface area (TPSA) is 65.4 Å². The number of hydrogen-bond acceptors (Lipinski definition) is 3. The lowest BCUT2D eigenvalue weighted by Gasteiger charge is -2.33. The molecule has 1 amide bonds. The Morgan fingerprint density at radius 2 is 1.95 bits per heavy atom. The molecule has 1 aliphatic carbocycles. The molecule has 2 rings (SSSR count). The van der Waals surface area contributed by atoms with Crippen LogP contribution in [0.1, 0.15) is 59.3 Å². The molecule has 126 valence electrons. The molecule has 1 aliphatic heterocycles. The van der Waals surface area contributed by atoms with Crippen molar-refractivity contribution in [3.8, 4) is 0 Å². The predicted molar refractivity (Wildman–Crippen MR) is 87.8 cm³/mol. The maximum absolute atomic E-state index is 12.7. The van der Waals surface area contributed by atoms with Gasteiger partial charge in [0.1, 0.15) is 5.54 Å². The fourth-order valence-corrected chi connectivity index (χ4v) is 3.50. The zero-order valence-electron chi connectivity index (χ0n) is 14.5. The molecular weight excluding hydrogens is 278 g/mol. The van der Waals surface area contributed by atoms with Gasteiger partial charge >= 0.3 is 0 Å². The summed E-state index contributed by atoms with van der Waals surface area (Å²) in [6.45, 7) is 7.34. The average Bonchev–Trinajstić information content (AvgIpc) is 2.63. The van der Waals surface area contributed by atoms with E-state index < -0.39 is 5.54 Å². The van der Waals surface area contributed by atoms with Gasteiger partial charge in [0.15, 0.2) is 5.96 Å². The summed E-state index contributed by atoms with van der Waals surface area (Å²) in [5.41, 5.74) is -0.661. The Balaban J connectivity index is 2.06. The number of carbonyl (C=O) groups excluding carboxylic acids is 1. The van der Waals surface area contributed by atoms with Crippen LogP contribution in [-0.2, 0) is 9.53 Å². The Labute approximate surface area is 134 Å². The minimum Gasteiger partial charge on any atom is -0.378 e. The molecule has 0 aromatic heterocycles. The second-order valence-electron chi connectivity index (χ2n) is 8.18. The Bertz CT molecular complexity index is 424. The number of likely N-dealkylation sites (N-methyl/N-ethyl adjacent to an activating group) is 1. The summed E-state index contributed by atoms with van der Waals surface area (Å²) in [4.78, 5) is 14.1. The van der Waals surface area contributed by atoms with Crippen molar-refractivity contribution in [1.29, 1.82) is 5.41 Å². The molecule has 1 saturated heterocycles. The highest BCUT2D eigenvalue weighted by molar-refractivity contribution is 6.07. The molecule has 0 bridgehead atoms. The van der Waals surface area contributed by atoms with Crippen molar-refractivity contribution in [2.75, 3.05) is 20.3 Å². The molecule has 0 radical (unpaired) electrons. The first-order chi connectivity index (χ1) is 10.2. The minimum atomic E-state index is -0.737. The van der Waals surface area contributed by atoms with Crippen LogP contribution in [0.2, 0.25) is 0 Å². The molecule has 2 fully saturated rings. The molecule has 1 atom stereocenters. The molecule has 1 unspecified atom stereocenters. The van der Waals surface area contributed by atoms with E-state index in [0.717, 1.165) is 6.42 Å². The zero-order chi connectivity index (χ0) is 16.4. The van der Waals surface area contributed by atoms with Crippen LogP contribution < -0.4 is 5.32 Å². The van der Waals surface area contributed by atoms with E-state index >= 15 is 0 Å². The standard InChI is InChI=1S/C17H31N3O2/c1-16(2,3)11-22-12-17(10-13-8-6-5-7-9-13)14(21)20(4)15(18)19-17/h13H,5-12H2,1-4H3,(H2,18,19). The van der Waals surface area contributed by atoms with Gasteiger partial charge in [-0.2, -0.15) is 0 Å². The van der Waals surface area contributed by atoms with Crippen molar-refractivity contribution in [2.24, 2.45) is 11.3 Å². The van der Waals surface area contributed by atoms with E-state index in [4.69, 9.17) is 10.1 Å². The molecule has 5 heteroatoms. The maximum atomic E-state index is 12.7. The monoisotopic (exact) mass is 309 g/mol. The second kappa shape index (κ2) is 6.57. The number of amides is 1. The number of rotatable bonds is 5. The number of carbonyl (C=O) groups is 1. The highest BCUT2D eigenvalue weighted by Crippen LogP contribution is 2.33. The van der Waals surface area contributed by atoms with Crippen molar-refractivity contribution in [3.05, 3.63) is 0 Å². The van der Waals surface area contributed by atoms with E-state index in [1.807, 2.05) is 0 Å². The summed E-state index contributed by atoms with van der Waals surface area (Å²) in [6, 6.07) is 0. The van der Waals surface area contributed by atoms with E-state index in [-0.39, 0.29) is 17.3 Å². The van der Waals surface area contributed by atoms with Crippen LogP contribution >= 0.6 is 0 Å². The molecule has 2 N–H and O–H groups in total. The lowest BCUT2D eigenvalue weighted by Crippen LogP contribution is -2.52. The SMILES string of the molecule is CN1C(=N)NC(COCC(C)(C)C)(CC2CCCCC2)C1=O. The van der Waals surface area contributed by atoms with E-state index in [1.165, 1.54) is 37.0 Å². The van der Waals surface area contributed by atoms with Gasteiger partial charge < -0.3 is 10.1 Å². The smallest absolute Gasteiger partial charge is 0.257 e. The molecular formula is C17H31N3O2. The predicted octanol–water partition coefficient (Wildman–Crippen LogP) is 2.75. The number of ether oxygens (including phenoxy) is 1. The summed E-state index contributed by atoms with van der Waals surface area (Å²) in [7, 11) is 1.67. The van der Waals surface area contributed by atoms with Gasteiger partial charge in [-0.05, 0) is 17.8 Å². The number of hydrogen-bond donors (Lipinski definition) is 2. The van der Waals surface area contributed by atoms with E-state index in [2.05, 4.69) is 26.1 Å². The Hall–Kier alpha value is -1.10. The summed E-state index contributed by atoms with van der Waals surface area (Å²) < 4.78 is 5.89. The maximum Gasteiger partial charge on any atom is 0.257 e. The number of nitrogens with zero attached hydrogens (tertiary/aromatic N) is 1. The van der Waals surface area contributed by atoms with Crippen LogP contribution in [0, 0.1) is 16.7 Å². The molecule has 1 saturated carbocycles. The summed E-state index contributed by atoms with van der Waals surface area (Å²) in [5.74, 6) is 0.736. The van der Waals surface area contributed by atoms with Gasteiger partial charge in [0, 0.05) is 7.05 Å². The van der Waals surface area contributed by atoms with Crippen LogP contribution in [0.5, 0.6) is 0 Å². The van der Waals surface area contributed by atoms with Crippen LogP contribution in [0.15, 0.2) is 0 Å². The van der Waals surface area contributed by atoms with E-state index in [0.29, 0.717) is 19.1 Å². The van der Waals surface area contributed by atoms with Crippen molar-refractivity contribution < 1.29 is 9.53 Å². The van der Waals surface area contributed by atoms with Crippen molar-refractivity contribution in [1.82, 2.24) is 10.2 Å². The van der Waals surface area contributed by atoms with Crippen molar-refractivity contribution in [3.63, 3.8) is 0 Å². The largest absolute Gasteiger partial charge is 0.378 e. The summed E-state index contributed by atoms with van der Waals surface area (Å²) in [6.07, 6.45) is 6.97. The first-order valence-electron chi connectivity index (χ1n) is 8.46. The fourth-order valence-electron chi connectivity index (χ4n) is 3.50. The van der Waals surface area contributed by atoms with Crippen LogP contribution in [0.25, 0.3) is 0 Å². The quantitative estimate of drug-likeness (QED) is 0.820. The van der Waals surface area contributed by atoms with E-state index in [1.54, 1.807) is 7.05 Å². The highest BCUT2D eigenvalue weighted by Gasteiger charge is 2.49. The van der Waals surface area contributed by atoms with E-state index in [9.17, 15) is 4.79 Å². The fraction of sp³-hybridized carbons (Fsp3) is 0.882. The van der Waals surface area contributed by atoms with Gasteiger partial charge in [-0.25, -0.2) is 0 Å². The van der Waals surface area contributed by atoms with Gasteiger partial charge in [-0.1, -0.05) is 52.9 Å². The lowest BCUT2D eigenvalue weighted by atomic mass is 9.79. The molecule has 1 heterocycles. The van der Waals surface area contributed by atoms with Gasteiger partial charge in [-0.3, -0.25) is 15.1 Å². The Morgan fingerprint density at radius 3 is 2.45 bits per heavy atom. The Kier molecular flexibility index (Phi) is 5.15. The minimum absolute atomic E-state index is 0.0167. The third-order valence-corrected chi connectivity index (χ3v) is 4.65. The first-order valence-corrected chi connectivity index (χ1v) is 8.46. The third kappa shape index (κ3) is 4.00. The Morgan fingerprint density at radius 1 is 1.32 bits per heavy atom. The molecule has 0 aromatic rings. The van der Waals surface area contributed by atoms with Gasteiger partial charge in [0.05, 0.1) is 13.2 Å². The van der Waals surface area contributed by atoms with Crippen LogP contribution in [-0.4, -0.2) is 42.6 Å². The highest BCUT2D eigenvalue weighted by atomic mass is 16.5. The summed E-state index contributed by atoms with van der Waals surface area (Å²) >= 11 is 0. The number of guanidine groups is 1. The zero-order valence-corrected chi connectivity index (χ0v) is 14.5. The number of nitrogens with one attached hydrogen (secondary N) is 2. The third-order valence-electron chi connectivity index (χ3n) is 4.65. The van der Waals surface area contributed by atoms with Crippen LogP contribution in [0.3, 0.4) is 0 Å². The van der Waals surface area contributed by atoms with Crippen LogP contribution in [0.4, 0.5) is 0 Å². The van der Waals surface area contributed by atoms with Gasteiger partial charge in [-0.15, -0.1) is 0 Å². The van der Waals surface area contributed by atoms with Crippen molar-refractivity contribution in [2.45, 2.75) is 64.8 Å². The molecule has 0 aromatic carbocycles. The van der Waals surface area contributed by atoms with Gasteiger partial charge in [0.25, 0.3) is 5.91 Å². The molecule has 5 nitrogen and oxygen atoms in total. The molecule has 2 aliphatic rings. The van der Waals surface area contributed by atoms with Crippen molar-refractivity contribution >= 4 is 11.9 Å². The normalized spacial score (nSPS) is 27.4. The lowest BCUT2D eigenvalue weighted by molar-refractivity contribution is -0.134. The molecule has 22 heavy (non-hydrogen) atoms. The van der Waals surface area contributed by atoms with Gasteiger partial charge in [0.2, 0.25) is 0 Å². The summed E-state index contributed by atoms with van der Waals surface area (Å²) in [5, 5.41) is 11.1. The second-order valence-corrected chi connectivity index (χ2v) is 8.18. The average molecular weight is 309 g/mol. The first kappa shape index (κ1) is 17.3. The molecule has 0 spiro atoms.